The molecule has 0 atom stereocenters. The lowest BCUT2D eigenvalue weighted by molar-refractivity contribution is -0.387. The Labute approximate surface area is 146 Å². The fourth-order valence-electron chi connectivity index (χ4n) is 2.10. The van der Waals surface area contributed by atoms with Gasteiger partial charge in [-0.15, -0.1) is 11.3 Å². The molecule has 7 nitrogen and oxygen atoms in total. The maximum Gasteiger partial charge on any atom is 0.348 e. The van der Waals surface area contributed by atoms with E-state index in [9.17, 15) is 24.1 Å². The van der Waals surface area contributed by atoms with Gasteiger partial charge in [-0.1, -0.05) is 6.92 Å². The van der Waals surface area contributed by atoms with Crippen molar-refractivity contribution in [3.63, 3.8) is 0 Å². The number of carbonyl (C=O) groups is 2. The molecule has 0 fully saturated rings. The Balaban J connectivity index is 1.95. The van der Waals surface area contributed by atoms with Crippen LogP contribution in [0, 0.1) is 22.9 Å². The van der Waals surface area contributed by atoms with Gasteiger partial charge in [0, 0.05) is 16.6 Å². The first-order chi connectivity index (χ1) is 11.8. The summed E-state index contributed by atoms with van der Waals surface area (Å²) in [6.07, 6.45) is 0.799. The van der Waals surface area contributed by atoms with E-state index in [-0.39, 0.29) is 5.69 Å². The van der Waals surface area contributed by atoms with E-state index in [1.54, 1.807) is 6.07 Å². The van der Waals surface area contributed by atoms with Gasteiger partial charge in [-0.05, 0) is 37.1 Å². The highest BCUT2D eigenvalue weighted by Crippen LogP contribution is 2.23. The van der Waals surface area contributed by atoms with Gasteiger partial charge in [0.15, 0.2) is 6.61 Å². The summed E-state index contributed by atoms with van der Waals surface area (Å²) < 4.78 is 18.2. The lowest BCUT2D eigenvalue weighted by Crippen LogP contribution is -2.20. The average molecular weight is 366 g/mol. The van der Waals surface area contributed by atoms with Gasteiger partial charge in [0.05, 0.1) is 4.92 Å². The highest BCUT2D eigenvalue weighted by Gasteiger charge is 2.17. The summed E-state index contributed by atoms with van der Waals surface area (Å²) >= 11 is 1.31. The number of esters is 1. The van der Waals surface area contributed by atoms with Gasteiger partial charge in [0.1, 0.15) is 4.88 Å². The second kappa shape index (κ2) is 7.84. The van der Waals surface area contributed by atoms with Crippen molar-refractivity contribution in [2.24, 2.45) is 0 Å². The predicted molar refractivity (Wildman–Crippen MR) is 90.4 cm³/mol. The molecular formula is C16H15FN2O5S. The molecule has 1 N–H and O–H groups in total. The molecule has 1 aromatic heterocycles. The van der Waals surface area contributed by atoms with Gasteiger partial charge in [-0.3, -0.25) is 14.9 Å². The summed E-state index contributed by atoms with van der Waals surface area (Å²) in [5, 5.41) is 13.0. The van der Waals surface area contributed by atoms with Crippen LogP contribution in [0.1, 0.15) is 27.0 Å². The molecule has 1 aromatic carbocycles. The number of nitro benzene ring substituents is 1. The van der Waals surface area contributed by atoms with E-state index in [1.165, 1.54) is 17.4 Å². The van der Waals surface area contributed by atoms with Crippen LogP contribution in [-0.4, -0.2) is 23.4 Å². The molecule has 9 heteroatoms. The molecule has 132 valence electrons. The number of thiophene rings is 1. The van der Waals surface area contributed by atoms with Crippen LogP contribution < -0.4 is 5.32 Å². The first-order valence-corrected chi connectivity index (χ1v) is 8.13. The molecule has 0 saturated heterocycles. The van der Waals surface area contributed by atoms with Crippen LogP contribution in [0.15, 0.2) is 24.3 Å². The molecule has 0 saturated carbocycles. The minimum atomic E-state index is -1.01. The number of hydrogen-bond acceptors (Lipinski definition) is 6. The third kappa shape index (κ3) is 4.60. The predicted octanol–water partition coefficient (Wildman–Crippen LogP) is 3.46. The van der Waals surface area contributed by atoms with Gasteiger partial charge in [0.25, 0.3) is 5.91 Å². The Morgan fingerprint density at radius 2 is 2.08 bits per heavy atom. The number of halogens is 1. The topological polar surface area (TPSA) is 98.5 Å². The van der Waals surface area contributed by atoms with E-state index in [4.69, 9.17) is 4.74 Å². The summed E-state index contributed by atoms with van der Waals surface area (Å²) in [5.41, 5.74) is 0.271. The van der Waals surface area contributed by atoms with Crippen LogP contribution in [0.5, 0.6) is 0 Å². The fourth-order valence-corrected chi connectivity index (χ4v) is 3.11. The lowest BCUT2D eigenvalue weighted by atomic mass is 10.2. The number of carbonyl (C=O) groups excluding carboxylic acids is 2. The number of amides is 1. The highest BCUT2D eigenvalue weighted by molar-refractivity contribution is 7.14. The third-order valence-corrected chi connectivity index (χ3v) is 4.67. The summed E-state index contributed by atoms with van der Waals surface area (Å²) in [7, 11) is 0. The Morgan fingerprint density at radius 1 is 1.36 bits per heavy atom. The summed E-state index contributed by atoms with van der Waals surface area (Å²) in [5.74, 6) is -2.31. The number of rotatable bonds is 6. The number of benzene rings is 1. The van der Waals surface area contributed by atoms with E-state index in [1.807, 2.05) is 13.8 Å². The number of ether oxygens (including phenoxy) is 1. The highest BCUT2D eigenvalue weighted by atomic mass is 32.1. The first kappa shape index (κ1) is 18.5. The van der Waals surface area contributed by atoms with Crippen LogP contribution in [0.2, 0.25) is 0 Å². The molecule has 1 amide bonds. The van der Waals surface area contributed by atoms with Crippen LogP contribution in [0.3, 0.4) is 0 Å². The van der Waals surface area contributed by atoms with Crippen LogP contribution >= 0.6 is 11.3 Å². The Bertz CT molecular complexity index is 834. The number of hydrogen-bond donors (Lipinski definition) is 1. The van der Waals surface area contributed by atoms with Crippen molar-refractivity contribution in [1.29, 1.82) is 0 Å². The normalized spacial score (nSPS) is 10.4. The van der Waals surface area contributed by atoms with Crippen molar-refractivity contribution >= 4 is 34.6 Å². The summed E-state index contributed by atoms with van der Waals surface area (Å²) in [4.78, 5) is 35.0. The third-order valence-electron chi connectivity index (χ3n) is 3.30. The number of anilines is 1. The zero-order chi connectivity index (χ0) is 18.6. The van der Waals surface area contributed by atoms with Crippen LogP contribution in [-0.2, 0) is 16.0 Å². The van der Waals surface area contributed by atoms with Gasteiger partial charge >= 0.3 is 11.7 Å². The molecule has 0 spiro atoms. The second-order valence-corrected chi connectivity index (χ2v) is 6.25. The quantitative estimate of drug-likeness (QED) is 0.479. The molecule has 0 radical (unpaired) electrons. The standard InChI is InChI=1S/C16H15FN2O5S/c1-3-13-9(2)6-14(25-13)16(21)24-8-15(20)18-10-4-5-11(17)12(7-10)19(22)23/h4-7H,3,8H2,1-2H3,(H,18,20). The zero-order valence-corrected chi connectivity index (χ0v) is 14.3. The first-order valence-electron chi connectivity index (χ1n) is 7.32. The van der Waals surface area contributed by atoms with Crippen molar-refractivity contribution in [2.75, 3.05) is 11.9 Å². The summed E-state index contributed by atoms with van der Waals surface area (Å²) in [6, 6.07) is 4.65. The van der Waals surface area contributed by atoms with E-state index in [0.717, 1.165) is 29.0 Å². The smallest absolute Gasteiger partial charge is 0.348 e. The Morgan fingerprint density at radius 3 is 2.68 bits per heavy atom. The molecule has 25 heavy (non-hydrogen) atoms. The molecule has 2 rings (SSSR count). The fraction of sp³-hybridized carbons (Fsp3) is 0.250. The van der Waals surface area contributed by atoms with Crippen molar-refractivity contribution in [2.45, 2.75) is 20.3 Å². The summed E-state index contributed by atoms with van der Waals surface area (Å²) in [6.45, 7) is 3.31. The van der Waals surface area contributed by atoms with Crippen molar-refractivity contribution < 1.29 is 23.6 Å². The van der Waals surface area contributed by atoms with E-state index < -0.39 is 34.9 Å². The van der Waals surface area contributed by atoms with Crippen LogP contribution in [0.4, 0.5) is 15.8 Å². The van der Waals surface area contributed by atoms with Crippen molar-refractivity contribution in [3.05, 3.63) is 55.5 Å². The van der Waals surface area contributed by atoms with Gasteiger partial charge < -0.3 is 10.1 Å². The molecular weight excluding hydrogens is 351 g/mol. The molecule has 0 aliphatic heterocycles. The maximum atomic E-state index is 13.2. The molecule has 2 aromatic rings. The van der Waals surface area contributed by atoms with Gasteiger partial charge in [-0.25, -0.2) is 4.79 Å². The van der Waals surface area contributed by atoms with Gasteiger partial charge in [0.2, 0.25) is 5.82 Å². The van der Waals surface area contributed by atoms with Crippen molar-refractivity contribution in [3.8, 4) is 0 Å². The number of nitrogens with one attached hydrogen (secondary N) is 1. The van der Waals surface area contributed by atoms with Crippen LogP contribution in [0.25, 0.3) is 0 Å². The van der Waals surface area contributed by atoms with E-state index in [0.29, 0.717) is 4.88 Å². The molecule has 0 aliphatic rings. The minimum absolute atomic E-state index is 0.0365. The maximum absolute atomic E-state index is 13.2. The Kier molecular flexibility index (Phi) is 5.81. The number of aryl methyl sites for hydroxylation is 2. The minimum Gasteiger partial charge on any atom is -0.451 e. The Hall–Kier alpha value is -2.81. The van der Waals surface area contributed by atoms with Crippen molar-refractivity contribution in [1.82, 2.24) is 0 Å². The molecule has 1 heterocycles. The van der Waals surface area contributed by atoms with E-state index >= 15 is 0 Å². The zero-order valence-electron chi connectivity index (χ0n) is 13.5. The largest absolute Gasteiger partial charge is 0.451 e. The SMILES string of the molecule is CCc1sc(C(=O)OCC(=O)Nc2ccc(F)c([N+](=O)[O-])c2)cc1C. The van der Waals surface area contributed by atoms with E-state index in [2.05, 4.69) is 5.32 Å². The number of nitro groups is 1. The molecule has 0 aliphatic carbocycles. The van der Waals surface area contributed by atoms with Gasteiger partial charge in [-0.2, -0.15) is 4.39 Å². The molecule has 0 bridgehead atoms. The second-order valence-electron chi connectivity index (χ2n) is 5.12. The molecule has 0 unspecified atom stereocenters. The lowest BCUT2D eigenvalue weighted by Gasteiger charge is -2.06. The number of nitrogens with zero attached hydrogens (tertiary/aromatic N) is 1. The average Bonchev–Trinajstić information content (AvgIpc) is 2.95. The monoisotopic (exact) mass is 366 g/mol.